The van der Waals surface area contributed by atoms with E-state index in [1.807, 2.05) is 6.92 Å². The molecule has 9 atom stereocenters. The second-order valence-electron chi connectivity index (χ2n) is 12.4. The predicted octanol–water partition coefficient (Wildman–Crippen LogP) is 5.42. The molecule has 33 heavy (non-hydrogen) atoms. The Morgan fingerprint density at radius 1 is 1.06 bits per heavy atom. The highest BCUT2D eigenvalue weighted by atomic mass is 19.1. The Balaban J connectivity index is 1.37. The Morgan fingerprint density at radius 2 is 1.79 bits per heavy atom. The Bertz CT molecular complexity index is 908. The van der Waals surface area contributed by atoms with Gasteiger partial charge in [-0.05, 0) is 110 Å². The molecule has 0 aliphatic heterocycles. The molecule has 0 aromatic heterocycles. The van der Waals surface area contributed by atoms with Gasteiger partial charge < -0.3 is 15.3 Å². The third kappa shape index (κ3) is 3.72. The molecule has 0 amide bonds. The van der Waals surface area contributed by atoms with Crippen LogP contribution in [0.25, 0.3) is 0 Å². The minimum absolute atomic E-state index is 0.0182. The summed E-state index contributed by atoms with van der Waals surface area (Å²) in [4.78, 5) is 0. The number of aliphatic hydroxyl groups is 3. The molecular weight excluding hydrogens is 415 g/mol. The minimum Gasteiger partial charge on any atom is -0.393 e. The first kappa shape index (κ1) is 23.5. The van der Waals surface area contributed by atoms with Crippen LogP contribution in [0, 0.1) is 40.3 Å². The van der Waals surface area contributed by atoms with Gasteiger partial charge in [0.1, 0.15) is 5.82 Å². The van der Waals surface area contributed by atoms with Crippen LogP contribution in [0.15, 0.2) is 35.9 Å². The van der Waals surface area contributed by atoms with Crippen molar-refractivity contribution < 1.29 is 19.7 Å². The third-order valence-corrected chi connectivity index (χ3v) is 10.8. The van der Waals surface area contributed by atoms with E-state index in [4.69, 9.17) is 0 Å². The summed E-state index contributed by atoms with van der Waals surface area (Å²) in [5.74, 6) is 1.62. The molecule has 1 unspecified atom stereocenters. The van der Waals surface area contributed by atoms with Crippen LogP contribution in [-0.4, -0.2) is 33.1 Å². The number of hydrogen-bond acceptors (Lipinski definition) is 3. The summed E-state index contributed by atoms with van der Waals surface area (Å²) >= 11 is 0. The van der Waals surface area contributed by atoms with Crippen molar-refractivity contribution in [2.75, 3.05) is 0 Å². The summed E-state index contributed by atoms with van der Waals surface area (Å²) < 4.78 is 13.3. The molecule has 0 spiro atoms. The molecule has 1 aromatic carbocycles. The highest BCUT2D eigenvalue weighted by Gasteiger charge is 2.62. The lowest BCUT2D eigenvalue weighted by Crippen LogP contribution is -2.56. The molecule has 0 radical (unpaired) electrons. The number of fused-ring (bicyclic) bond motifs is 5. The van der Waals surface area contributed by atoms with Crippen LogP contribution >= 0.6 is 0 Å². The standard InChI is InChI=1S/C29H41FO3/c1-27-14-12-21(31)17-19(27)6-9-22-23-10-11-25(28(23,2)15-13-24(22)27)29(3,33)26(32)16-18-4-7-20(30)8-5-18/h4-8,21-26,31-33H,9-17H2,1-3H3/t21-,22-,23-,24-,25-,26+,27-,28-,29?/m0/s1. The van der Waals surface area contributed by atoms with E-state index in [0.29, 0.717) is 24.2 Å². The van der Waals surface area contributed by atoms with Crippen molar-refractivity contribution in [3.8, 4) is 0 Å². The molecule has 5 rings (SSSR count). The fourth-order valence-corrected chi connectivity index (χ4v) is 8.88. The summed E-state index contributed by atoms with van der Waals surface area (Å²) in [6.45, 7) is 6.64. The van der Waals surface area contributed by atoms with E-state index in [1.165, 1.54) is 24.1 Å². The van der Waals surface area contributed by atoms with E-state index >= 15 is 0 Å². The van der Waals surface area contributed by atoms with Gasteiger partial charge in [0.05, 0.1) is 17.8 Å². The number of hydrogen-bond donors (Lipinski definition) is 3. The van der Waals surface area contributed by atoms with Crippen LogP contribution in [0.5, 0.6) is 0 Å². The van der Waals surface area contributed by atoms with Gasteiger partial charge >= 0.3 is 0 Å². The maximum absolute atomic E-state index is 13.3. The molecule has 3 N–H and O–H groups in total. The molecule has 4 heteroatoms. The molecule has 1 aromatic rings. The smallest absolute Gasteiger partial charge is 0.123 e. The van der Waals surface area contributed by atoms with Crippen molar-refractivity contribution in [1.29, 1.82) is 0 Å². The monoisotopic (exact) mass is 456 g/mol. The quantitative estimate of drug-likeness (QED) is 0.530. The largest absolute Gasteiger partial charge is 0.393 e. The predicted molar refractivity (Wildman–Crippen MR) is 128 cm³/mol. The van der Waals surface area contributed by atoms with Gasteiger partial charge in [-0.3, -0.25) is 0 Å². The van der Waals surface area contributed by atoms with Gasteiger partial charge in [-0.25, -0.2) is 4.39 Å². The summed E-state index contributed by atoms with van der Waals surface area (Å²) in [7, 11) is 0. The molecule has 0 bridgehead atoms. The lowest BCUT2D eigenvalue weighted by molar-refractivity contribution is -0.148. The first-order chi connectivity index (χ1) is 15.6. The molecular formula is C29H41FO3. The van der Waals surface area contributed by atoms with Crippen LogP contribution in [0.3, 0.4) is 0 Å². The van der Waals surface area contributed by atoms with Crippen molar-refractivity contribution in [3.63, 3.8) is 0 Å². The van der Waals surface area contributed by atoms with E-state index in [0.717, 1.165) is 50.5 Å². The second-order valence-corrected chi connectivity index (χ2v) is 12.4. The van der Waals surface area contributed by atoms with Gasteiger partial charge in [-0.1, -0.05) is 37.6 Å². The maximum atomic E-state index is 13.3. The number of aliphatic hydroxyl groups excluding tert-OH is 2. The summed E-state index contributed by atoms with van der Waals surface area (Å²) in [5, 5.41) is 33.1. The molecule has 4 aliphatic carbocycles. The van der Waals surface area contributed by atoms with Crippen molar-refractivity contribution in [3.05, 3.63) is 47.3 Å². The van der Waals surface area contributed by atoms with E-state index in [2.05, 4.69) is 19.9 Å². The van der Waals surface area contributed by atoms with Gasteiger partial charge in [0.25, 0.3) is 0 Å². The second kappa shape index (κ2) is 8.17. The maximum Gasteiger partial charge on any atom is 0.123 e. The van der Waals surface area contributed by atoms with Crippen LogP contribution in [0.1, 0.15) is 77.7 Å². The fraction of sp³-hybridized carbons (Fsp3) is 0.724. The van der Waals surface area contributed by atoms with Crippen LogP contribution < -0.4 is 0 Å². The van der Waals surface area contributed by atoms with Crippen LogP contribution in [0.4, 0.5) is 4.39 Å². The van der Waals surface area contributed by atoms with Gasteiger partial charge in [-0.15, -0.1) is 0 Å². The van der Waals surface area contributed by atoms with E-state index in [-0.39, 0.29) is 28.7 Å². The lowest BCUT2D eigenvalue weighted by Gasteiger charge is -2.59. The van der Waals surface area contributed by atoms with Gasteiger partial charge in [-0.2, -0.15) is 0 Å². The molecule has 3 nitrogen and oxygen atoms in total. The van der Waals surface area contributed by atoms with Crippen molar-refractivity contribution in [2.45, 2.75) is 96.4 Å². The first-order valence-corrected chi connectivity index (χ1v) is 13.1. The Morgan fingerprint density at radius 3 is 2.52 bits per heavy atom. The van der Waals surface area contributed by atoms with Gasteiger partial charge in [0, 0.05) is 6.42 Å². The summed E-state index contributed by atoms with van der Waals surface area (Å²) in [6, 6.07) is 6.24. The SMILES string of the molecule is CC(O)([C@H](O)Cc1ccc(F)cc1)[C@H]1CC[C@H]2[C@@H]3CC=C4C[C@@H](O)CC[C@]4(C)[C@H]3CC[C@]12C. The topological polar surface area (TPSA) is 60.7 Å². The summed E-state index contributed by atoms with van der Waals surface area (Å²) in [6.07, 6.45) is 9.98. The molecule has 0 saturated heterocycles. The van der Waals surface area contributed by atoms with Crippen molar-refractivity contribution >= 4 is 0 Å². The minimum atomic E-state index is -1.18. The Hall–Kier alpha value is -1.23. The zero-order valence-electron chi connectivity index (χ0n) is 20.4. The van der Waals surface area contributed by atoms with Crippen molar-refractivity contribution in [1.82, 2.24) is 0 Å². The normalized spacial score (nSPS) is 43.0. The average Bonchev–Trinajstić information content (AvgIpc) is 3.14. The zero-order chi connectivity index (χ0) is 23.6. The van der Waals surface area contributed by atoms with E-state index in [9.17, 15) is 19.7 Å². The first-order valence-electron chi connectivity index (χ1n) is 13.1. The van der Waals surface area contributed by atoms with E-state index in [1.54, 1.807) is 12.1 Å². The highest BCUT2D eigenvalue weighted by Crippen LogP contribution is 2.67. The molecule has 182 valence electrons. The third-order valence-electron chi connectivity index (χ3n) is 10.8. The number of allylic oxidation sites excluding steroid dienone is 1. The summed E-state index contributed by atoms with van der Waals surface area (Å²) in [5.41, 5.74) is 1.39. The molecule has 0 heterocycles. The fourth-order valence-electron chi connectivity index (χ4n) is 8.88. The highest BCUT2D eigenvalue weighted by molar-refractivity contribution is 5.26. The molecule has 3 saturated carbocycles. The Labute approximate surface area is 198 Å². The van der Waals surface area contributed by atoms with Crippen LogP contribution in [0.2, 0.25) is 0 Å². The van der Waals surface area contributed by atoms with Gasteiger partial charge in [0.2, 0.25) is 0 Å². The van der Waals surface area contributed by atoms with Crippen molar-refractivity contribution in [2.24, 2.45) is 34.5 Å². The lowest BCUT2D eigenvalue weighted by atomic mass is 9.46. The average molecular weight is 457 g/mol. The number of rotatable bonds is 4. The number of benzene rings is 1. The molecule has 3 fully saturated rings. The number of halogens is 1. The molecule has 4 aliphatic rings. The van der Waals surface area contributed by atoms with Gasteiger partial charge in [0.15, 0.2) is 0 Å². The van der Waals surface area contributed by atoms with E-state index < -0.39 is 11.7 Å². The van der Waals surface area contributed by atoms with Crippen LogP contribution in [-0.2, 0) is 6.42 Å². The Kier molecular flexibility index (Phi) is 5.82. The zero-order valence-corrected chi connectivity index (χ0v) is 20.4.